The lowest BCUT2D eigenvalue weighted by Gasteiger charge is -1.86. The van der Waals surface area contributed by atoms with Crippen LogP contribution in [0.5, 0.6) is 0 Å². The van der Waals surface area contributed by atoms with Gasteiger partial charge in [-0.15, -0.1) is 0 Å². The average molecular weight is 233 g/mol. The number of fused-ring (bicyclic) bond motifs is 1. The molecule has 56 valence electrons. The molecule has 0 spiro atoms. The summed E-state index contributed by atoms with van der Waals surface area (Å²) in [6, 6.07) is 1.74. The first-order valence-electron chi connectivity index (χ1n) is 2.83. The van der Waals surface area contributed by atoms with Gasteiger partial charge in [-0.05, 0) is 15.9 Å². The lowest BCUT2D eigenvalue weighted by Crippen LogP contribution is -1.77. The second-order valence-corrected chi connectivity index (χ2v) is 3.07. The molecule has 0 aliphatic heterocycles. The van der Waals surface area contributed by atoms with Gasteiger partial charge in [-0.25, -0.2) is 9.97 Å². The second-order valence-electron chi connectivity index (χ2n) is 1.93. The van der Waals surface area contributed by atoms with Crippen LogP contribution >= 0.6 is 27.5 Å². The van der Waals surface area contributed by atoms with Crippen molar-refractivity contribution >= 4 is 38.6 Å². The van der Waals surface area contributed by atoms with Crippen molar-refractivity contribution in [3.8, 4) is 0 Å². The Morgan fingerprint density at radius 3 is 3.00 bits per heavy atom. The van der Waals surface area contributed by atoms with Gasteiger partial charge in [0.15, 0.2) is 15.4 Å². The highest BCUT2D eigenvalue weighted by molar-refractivity contribution is 9.10. The molecule has 0 aromatic carbocycles. The van der Waals surface area contributed by atoms with E-state index >= 15 is 0 Å². The predicted octanol–water partition coefficient (Wildman–Crippen LogP) is 2.64. The molecular formula is C6H2BrClN2O. The zero-order valence-electron chi connectivity index (χ0n) is 5.21. The highest BCUT2D eigenvalue weighted by Gasteiger charge is 2.05. The summed E-state index contributed by atoms with van der Waals surface area (Å²) in [6.45, 7) is 0. The Morgan fingerprint density at radius 1 is 1.45 bits per heavy atom. The van der Waals surface area contributed by atoms with E-state index in [0.717, 1.165) is 0 Å². The van der Waals surface area contributed by atoms with E-state index in [4.69, 9.17) is 16.0 Å². The first-order chi connectivity index (χ1) is 5.27. The van der Waals surface area contributed by atoms with Crippen LogP contribution in [0.2, 0.25) is 5.15 Å². The summed E-state index contributed by atoms with van der Waals surface area (Å²) in [7, 11) is 0. The molecule has 5 heteroatoms. The van der Waals surface area contributed by atoms with Gasteiger partial charge in [-0.3, -0.25) is 0 Å². The Bertz CT molecular complexity index is 400. The topological polar surface area (TPSA) is 38.9 Å². The zero-order chi connectivity index (χ0) is 7.84. The van der Waals surface area contributed by atoms with E-state index in [-0.39, 0.29) is 0 Å². The second kappa shape index (κ2) is 2.46. The third-order valence-electron chi connectivity index (χ3n) is 1.24. The Kier molecular flexibility index (Phi) is 1.58. The number of hydrogen-bond acceptors (Lipinski definition) is 3. The van der Waals surface area contributed by atoms with Crippen molar-refractivity contribution in [3.05, 3.63) is 22.2 Å². The Hall–Kier alpha value is -0.610. The number of rotatable bonds is 0. The van der Waals surface area contributed by atoms with Gasteiger partial charge in [-0.2, -0.15) is 0 Å². The Morgan fingerprint density at radius 2 is 2.27 bits per heavy atom. The first-order valence-corrected chi connectivity index (χ1v) is 4.00. The normalized spacial score (nSPS) is 10.7. The molecular weight excluding hydrogens is 231 g/mol. The fourth-order valence-electron chi connectivity index (χ4n) is 0.796. The maximum Gasteiger partial charge on any atom is 0.191 e. The molecule has 0 N–H and O–H groups in total. The summed E-state index contributed by atoms with van der Waals surface area (Å²) < 4.78 is 5.76. The average Bonchev–Trinajstić information content (AvgIpc) is 2.31. The first kappa shape index (κ1) is 7.06. The van der Waals surface area contributed by atoms with Crippen LogP contribution in [-0.2, 0) is 0 Å². The SMILES string of the molecule is Clc1ncnc2cc(Br)oc12. The molecule has 0 bridgehead atoms. The van der Waals surface area contributed by atoms with Crippen molar-refractivity contribution in [2.45, 2.75) is 0 Å². The minimum Gasteiger partial charge on any atom is -0.444 e. The van der Waals surface area contributed by atoms with Crippen LogP contribution < -0.4 is 0 Å². The summed E-state index contributed by atoms with van der Waals surface area (Å²) >= 11 is 8.87. The van der Waals surface area contributed by atoms with Crippen LogP contribution in [-0.4, -0.2) is 9.97 Å². The third-order valence-corrected chi connectivity index (χ3v) is 1.90. The quantitative estimate of drug-likeness (QED) is 0.657. The molecule has 0 aliphatic rings. The minimum absolute atomic E-state index is 0.334. The third kappa shape index (κ3) is 1.12. The van der Waals surface area contributed by atoms with E-state index in [1.54, 1.807) is 6.07 Å². The van der Waals surface area contributed by atoms with Gasteiger partial charge in [-0.1, -0.05) is 11.6 Å². The van der Waals surface area contributed by atoms with E-state index < -0.39 is 0 Å². The van der Waals surface area contributed by atoms with Crippen LogP contribution in [0.1, 0.15) is 0 Å². The van der Waals surface area contributed by atoms with Crippen molar-refractivity contribution in [1.82, 2.24) is 9.97 Å². The number of halogens is 2. The smallest absolute Gasteiger partial charge is 0.191 e. The van der Waals surface area contributed by atoms with E-state index in [9.17, 15) is 0 Å². The zero-order valence-corrected chi connectivity index (χ0v) is 7.56. The van der Waals surface area contributed by atoms with Gasteiger partial charge in [0.05, 0.1) is 0 Å². The Labute approximate surface area is 75.5 Å². The van der Waals surface area contributed by atoms with Gasteiger partial charge in [0, 0.05) is 6.07 Å². The summed E-state index contributed by atoms with van der Waals surface area (Å²) in [5.74, 6) is 0. The van der Waals surface area contributed by atoms with E-state index in [2.05, 4.69) is 25.9 Å². The van der Waals surface area contributed by atoms with Gasteiger partial charge >= 0.3 is 0 Å². The predicted molar refractivity (Wildman–Crippen MR) is 44.5 cm³/mol. The van der Waals surface area contributed by atoms with Crippen LogP contribution in [0.4, 0.5) is 0 Å². The van der Waals surface area contributed by atoms with Crippen LogP contribution in [0.25, 0.3) is 11.1 Å². The number of nitrogens with zero attached hydrogens (tertiary/aromatic N) is 2. The standard InChI is InChI=1S/C6H2BrClN2O/c7-4-1-3-5(11-4)6(8)10-2-9-3/h1-2H. The minimum atomic E-state index is 0.334. The van der Waals surface area contributed by atoms with Crippen molar-refractivity contribution in [2.24, 2.45) is 0 Å². The molecule has 11 heavy (non-hydrogen) atoms. The molecule has 2 heterocycles. The molecule has 0 fully saturated rings. The molecule has 0 radical (unpaired) electrons. The fraction of sp³-hybridized carbons (Fsp3) is 0. The lowest BCUT2D eigenvalue weighted by molar-refractivity contribution is 0.585. The number of furan rings is 1. The van der Waals surface area contributed by atoms with Crippen LogP contribution in [0.3, 0.4) is 0 Å². The highest BCUT2D eigenvalue weighted by Crippen LogP contribution is 2.25. The molecule has 0 unspecified atom stereocenters. The number of aromatic nitrogens is 2. The molecule has 2 aromatic heterocycles. The van der Waals surface area contributed by atoms with Crippen LogP contribution in [0, 0.1) is 0 Å². The monoisotopic (exact) mass is 232 g/mol. The summed E-state index contributed by atoms with van der Waals surface area (Å²) in [5.41, 5.74) is 1.22. The van der Waals surface area contributed by atoms with E-state index in [1.807, 2.05) is 0 Å². The van der Waals surface area contributed by atoms with Gasteiger partial charge < -0.3 is 4.42 Å². The van der Waals surface area contributed by atoms with Gasteiger partial charge in [0.2, 0.25) is 0 Å². The summed E-state index contributed by atoms with van der Waals surface area (Å²) in [5, 5.41) is 0.334. The maximum atomic E-state index is 5.70. The lowest BCUT2D eigenvalue weighted by atomic mass is 10.5. The van der Waals surface area contributed by atoms with Crippen LogP contribution in [0.15, 0.2) is 21.5 Å². The molecule has 2 aromatic rings. The number of hydrogen-bond donors (Lipinski definition) is 0. The van der Waals surface area contributed by atoms with E-state index in [1.165, 1.54) is 6.33 Å². The van der Waals surface area contributed by atoms with Gasteiger partial charge in [0.25, 0.3) is 0 Å². The molecule has 0 atom stereocenters. The molecule has 0 amide bonds. The fourth-order valence-corrected chi connectivity index (χ4v) is 1.35. The maximum absolute atomic E-state index is 5.70. The molecule has 0 saturated heterocycles. The summed E-state index contributed by atoms with van der Waals surface area (Å²) in [6.07, 6.45) is 1.40. The van der Waals surface area contributed by atoms with Crippen molar-refractivity contribution in [1.29, 1.82) is 0 Å². The van der Waals surface area contributed by atoms with Crippen molar-refractivity contribution in [2.75, 3.05) is 0 Å². The highest BCUT2D eigenvalue weighted by atomic mass is 79.9. The summed E-state index contributed by atoms with van der Waals surface area (Å²) in [4.78, 5) is 7.70. The molecule has 2 rings (SSSR count). The molecule has 3 nitrogen and oxygen atoms in total. The van der Waals surface area contributed by atoms with Crippen molar-refractivity contribution in [3.63, 3.8) is 0 Å². The molecule has 0 aliphatic carbocycles. The largest absolute Gasteiger partial charge is 0.444 e. The Balaban J connectivity index is 2.90. The van der Waals surface area contributed by atoms with E-state index in [0.29, 0.717) is 20.9 Å². The molecule has 0 saturated carbocycles. The van der Waals surface area contributed by atoms with Crippen molar-refractivity contribution < 1.29 is 4.42 Å². The van der Waals surface area contributed by atoms with Gasteiger partial charge in [0.1, 0.15) is 11.8 Å².